The van der Waals surface area contributed by atoms with Crippen LogP contribution in [0.5, 0.6) is 11.5 Å². The predicted molar refractivity (Wildman–Crippen MR) is 102 cm³/mol. The lowest BCUT2D eigenvalue weighted by Crippen LogP contribution is -2.38. The average molecular weight is 367 g/mol. The van der Waals surface area contributed by atoms with Crippen LogP contribution in [0.25, 0.3) is 0 Å². The molecule has 3 rings (SSSR count). The summed E-state index contributed by atoms with van der Waals surface area (Å²) in [6, 6.07) is 13.9. The summed E-state index contributed by atoms with van der Waals surface area (Å²) in [6.45, 7) is 1.83. The van der Waals surface area contributed by atoms with E-state index in [9.17, 15) is 9.59 Å². The van der Waals surface area contributed by atoms with Crippen molar-refractivity contribution in [1.29, 1.82) is 0 Å². The van der Waals surface area contributed by atoms with Crippen LogP contribution in [0.3, 0.4) is 0 Å². The zero-order chi connectivity index (χ0) is 19.6. The summed E-state index contributed by atoms with van der Waals surface area (Å²) in [5, 5.41) is 3.27. The molecule has 0 radical (unpaired) electrons. The number of rotatable bonds is 4. The zero-order valence-electron chi connectivity index (χ0n) is 15.7. The highest BCUT2D eigenvalue weighted by Gasteiger charge is 2.40. The molecule has 7 heteroatoms. The molecule has 1 aliphatic heterocycles. The molecule has 7 nitrogen and oxygen atoms in total. The minimum absolute atomic E-state index is 0.177. The monoisotopic (exact) mass is 367 g/mol. The fourth-order valence-corrected chi connectivity index (χ4v) is 3.02. The van der Waals surface area contributed by atoms with Gasteiger partial charge in [-0.15, -0.1) is 0 Å². The van der Waals surface area contributed by atoms with Crippen LogP contribution in [-0.4, -0.2) is 49.8 Å². The van der Waals surface area contributed by atoms with Gasteiger partial charge in [0.15, 0.2) is 11.5 Å². The first-order valence-corrected chi connectivity index (χ1v) is 8.45. The maximum atomic E-state index is 12.9. The Labute approximate surface area is 157 Å². The Morgan fingerprint density at radius 1 is 1.04 bits per heavy atom. The fourth-order valence-electron chi connectivity index (χ4n) is 3.02. The maximum Gasteiger partial charge on any atom is 0.289 e. The van der Waals surface area contributed by atoms with E-state index in [-0.39, 0.29) is 23.2 Å². The number of para-hydroxylation sites is 2. The average Bonchev–Trinajstić information content (AvgIpc) is 2.91. The highest BCUT2D eigenvalue weighted by molar-refractivity contribution is 6.48. The van der Waals surface area contributed by atoms with Crippen LogP contribution < -0.4 is 14.5 Å². The summed E-state index contributed by atoms with van der Waals surface area (Å²) in [5.41, 5.74) is 1.13. The van der Waals surface area contributed by atoms with Gasteiger partial charge < -0.3 is 9.47 Å². The first kappa shape index (κ1) is 18.6. The molecule has 1 fully saturated rings. The Bertz CT molecular complexity index is 895. The van der Waals surface area contributed by atoms with E-state index in [1.54, 1.807) is 30.3 Å². The third-order valence-electron chi connectivity index (χ3n) is 4.54. The van der Waals surface area contributed by atoms with Gasteiger partial charge in [-0.1, -0.05) is 24.3 Å². The quantitative estimate of drug-likeness (QED) is 0.831. The van der Waals surface area contributed by atoms with Crippen molar-refractivity contribution in [2.24, 2.45) is 4.99 Å². The van der Waals surface area contributed by atoms with E-state index in [0.717, 1.165) is 0 Å². The smallest absolute Gasteiger partial charge is 0.289 e. The largest absolute Gasteiger partial charge is 0.493 e. The second kappa shape index (κ2) is 7.59. The molecule has 27 heavy (non-hydrogen) atoms. The van der Waals surface area contributed by atoms with Gasteiger partial charge in [0, 0.05) is 7.05 Å². The third kappa shape index (κ3) is 3.29. The molecule has 1 atom stereocenters. The van der Waals surface area contributed by atoms with Crippen LogP contribution in [-0.2, 0) is 4.79 Å². The van der Waals surface area contributed by atoms with Crippen molar-refractivity contribution in [2.75, 3.05) is 26.3 Å². The number of hydrogen-bond acceptors (Lipinski definition) is 5. The predicted octanol–water partition coefficient (Wildman–Crippen LogP) is 2.57. The molecular formula is C20H21N3O4. The van der Waals surface area contributed by atoms with Crippen molar-refractivity contribution in [2.45, 2.75) is 13.0 Å². The Hall–Kier alpha value is -3.19. The number of carbonyl (C=O) groups excluding carboxylic acids is 2. The van der Waals surface area contributed by atoms with Gasteiger partial charge in [0.1, 0.15) is 5.71 Å². The molecule has 1 saturated heterocycles. The molecule has 1 unspecified atom stereocenters. The topological polar surface area (TPSA) is 71.4 Å². The van der Waals surface area contributed by atoms with Crippen molar-refractivity contribution in [3.63, 3.8) is 0 Å². The number of benzene rings is 2. The molecule has 0 spiro atoms. The molecule has 1 heterocycles. The van der Waals surface area contributed by atoms with Gasteiger partial charge in [-0.05, 0) is 31.2 Å². The van der Waals surface area contributed by atoms with Crippen LogP contribution in [0.2, 0.25) is 0 Å². The maximum absolute atomic E-state index is 12.9. The van der Waals surface area contributed by atoms with E-state index in [1.165, 1.54) is 19.2 Å². The van der Waals surface area contributed by atoms with Crippen molar-refractivity contribution in [3.8, 4) is 11.5 Å². The normalized spacial score (nSPS) is 18.8. The molecule has 1 aliphatic rings. The second-order valence-electron chi connectivity index (χ2n) is 6.05. The molecule has 0 aromatic heterocycles. The molecular weight excluding hydrogens is 346 g/mol. The van der Waals surface area contributed by atoms with E-state index in [4.69, 9.17) is 9.47 Å². The summed E-state index contributed by atoms with van der Waals surface area (Å²) in [6.07, 6.45) is 0. The summed E-state index contributed by atoms with van der Waals surface area (Å²) in [4.78, 5) is 29.8. The van der Waals surface area contributed by atoms with Gasteiger partial charge in [-0.2, -0.15) is 0 Å². The molecule has 0 bridgehead atoms. The number of hydrazine groups is 1. The van der Waals surface area contributed by atoms with Gasteiger partial charge in [0.2, 0.25) is 0 Å². The summed E-state index contributed by atoms with van der Waals surface area (Å²) >= 11 is 0. The van der Waals surface area contributed by atoms with Crippen LogP contribution in [0, 0.1) is 0 Å². The number of ether oxygens (including phenoxy) is 2. The number of carbonyl (C=O) groups is 2. The zero-order valence-corrected chi connectivity index (χ0v) is 15.7. The lowest BCUT2D eigenvalue weighted by atomic mass is 10.1. The molecule has 0 saturated carbocycles. The van der Waals surface area contributed by atoms with Gasteiger partial charge in [0.25, 0.3) is 11.8 Å². The van der Waals surface area contributed by atoms with Crippen molar-refractivity contribution >= 4 is 23.2 Å². The van der Waals surface area contributed by atoms with Crippen molar-refractivity contribution in [3.05, 3.63) is 54.1 Å². The Kier molecular flexibility index (Phi) is 5.23. The fraction of sp³-hybridized carbons (Fsp3) is 0.250. The minimum atomic E-state index is -0.552. The van der Waals surface area contributed by atoms with Gasteiger partial charge in [-0.3, -0.25) is 9.59 Å². The van der Waals surface area contributed by atoms with Crippen LogP contribution in [0.4, 0.5) is 5.69 Å². The number of aliphatic imine (C=N–C) groups is 1. The number of nitrogens with zero attached hydrogens (tertiary/aromatic N) is 3. The number of anilines is 1. The highest BCUT2D eigenvalue weighted by Crippen LogP contribution is 2.31. The van der Waals surface area contributed by atoms with Gasteiger partial charge in [-0.25, -0.2) is 15.0 Å². The molecule has 140 valence electrons. The standard InChI is InChI=1S/C20H21N3O4/c1-13-17(20(25)23(22(13)2)14-9-6-5-7-10-14)21-19(24)15-11-8-12-16(26-3)18(15)27-4/h5-13H,1-4H3. The van der Waals surface area contributed by atoms with E-state index >= 15 is 0 Å². The van der Waals surface area contributed by atoms with Gasteiger partial charge >= 0.3 is 0 Å². The second-order valence-corrected chi connectivity index (χ2v) is 6.05. The van der Waals surface area contributed by atoms with Crippen LogP contribution in [0.15, 0.2) is 53.5 Å². The first-order valence-electron chi connectivity index (χ1n) is 8.45. The van der Waals surface area contributed by atoms with E-state index < -0.39 is 5.91 Å². The van der Waals surface area contributed by atoms with Crippen LogP contribution in [0.1, 0.15) is 17.3 Å². The first-order chi connectivity index (χ1) is 13.0. The number of amides is 2. The Morgan fingerprint density at radius 3 is 2.37 bits per heavy atom. The summed E-state index contributed by atoms with van der Waals surface area (Å²) in [7, 11) is 4.73. The molecule has 2 aromatic rings. The molecule has 2 amide bonds. The summed E-state index contributed by atoms with van der Waals surface area (Å²) in [5.74, 6) is -0.159. The lowest BCUT2D eigenvalue weighted by Gasteiger charge is -2.25. The Morgan fingerprint density at radius 2 is 1.74 bits per heavy atom. The van der Waals surface area contributed by atoms with Gasteiger partial charge in [0.05, 0.1) is 31.5 Å². The number of methoxy groups -OCH3 is 2. The Balaban J connectivity index is 1.98. The lowest BCUT2D eigenvalue weighted by molar-refractivity contribution is -0.113. The summed E-state index contributed by atoms with van der Waals surface area (Å²) < 4.78 is 10.5. The SMILES string of the molecule is COc1cccc(C(=O)N=C2C(=O)N(c3ccccc3)N(C)C2C)c1OC. The molecule has 0 aliphatic carbocycles. The molecule has 2 aromatic carbocycles. The van der Waals surface area contributed by atoms with Crippen LogP contribution >= 0.6 is 0 Å². The minimum Gasteiger partial charge on any atom is -0.493 e. The van der Waals surface area contributed by atoms with E-state index in [2.05, 4.69) is 4.99 Å². The highest BCUT2D eigenvalue weighted by atomic mass is 16.5. The third-order valence-corrected chi connectivity index (χ3v) is 4.54. The molecule has 0 N–H and O–H groups in total. The van der Waals surface area contributed by atoms with E-state index in [1.807, 2.05) is 37.3 Å². The van der Waals surface area contributed by atoms with E-state index in [0.29, 0.717) is 17.2 Å². The van der Waals surface area contributed by atoms with Crippen molar-refractivity contribution in [1.82, 2.24) is 5.01 Å². The van der Waals surface area contributed by atoms with Crippen molar-refractivity contribution < 1.29 is 19.1 Å². The number of hydrogen-bond donors (Lipinski definition) is 0.